The Labute approximate surface area is 174 Å². The van der Waals surface area contributed by atoms with Gasteiger partial charge < -0.3 is 9.88 Å². The fourth-order valence-electron chi connectivity index (χ4n) is 3.12. The minimum atomic E-state index is -0.00520. The Kier molecular flexibility index (Phi) is 5.78. The lowest BCUT2D eigenvalue weighted by Crippen LogP contribution is -2.14. The highest BCUT2D eigenvalue weighted by atomic mass is 32.2. The van der Waals surface area contributed by atoms with E-state index in [1.165, 1.54) is 4.90 Å². The average molecular weight is 410 g/mol. The first-order chi connectivity index (χ1) is 13.6. The maximum Gasteiger partial charge on any atom is 0.228 e. The van der Waals surface area contributed by atoms with Gasteiger partial charge in [-0.05, 0) is 29.8 Å². The molecule has 1 N–H and O–H groups in total. The predicted molar refractivity (Wildman–Crippen MR) is 118 cm³/mol. The molecular formula is C22H23N3OS2. The lowest BCUT2D eigenvalue weighted by molar-refractivity contribution is -0.115. The van der Waals surface area contributed by atoms with Crippen LogP contribution in [0.2, 0.25) is 0 Å². The van der Waals surface area contributed by atoms with E-state index in [1.54, 1.807) is 11.8 Å². The van der Waals surface area contributed by atoms with Crippen LogP contribution in [0.1, 0.15) is 19.4 Å². The normalized spacial score (nSPS) is 13.0. The number of rotatable bonds is 6. The molecule has 1 aliphatic heterocycles. The Hall–Kier alpha value is -2.18. The van der Waals surface area contributed by atoms with Crippen molar-refractivity contribution in [3.8, 4) is 11.3 Å². The summed E-state index contributed by atoms with van der Waals surface area (Å²) in [6, 6.07) is 16.1. The van der Waals surface area contributed by atoms with Gasteiger partial charge in [0.15, 0.2) is 5.16 Å². The summed E-state index contributed by atoms with van der Waals surface area (Å²) in [7, 11) is 0. The van der Waals surface area contributed by atoms with Crippen molar-refractivity contribution in [1.82, 2.24) is 9.55 Å². The van der Waals surface area contributed by atoms with Crippen LogP contribution >= 0.6 is 23.5 Å². The van der Waals surface area contributed by atoms with Crippen LogP contribution in [0.4, 0.5) is 5.69 Å². The number of carbonyl (C=O) groups excluding carboxylic acids is 1. The molecule has 0 unspecified atom stereocenters. The van der Waals surface area contributed by atoms with Crippen molar-refractivity contribution < 1.29 is 4.79 Å². The van der Waals surface area contributed by atoms with E-state index in [4.69, 9.17) is 0 Å². The van der Waals surface area contributed by atoms with E-state index in [2.05, 4.69) is 47.0 Å². The van der Waals surface area contributed by atoms with Crippen molar-refractivity contribution in [1.29, 1.82) is 0 Å². The fourth-order valence-corrected chi connectivity index (χ4v) is 4.90. The van der Waals surface area contributed by atoms with Crippen molar-refractivity contribution in [3.05, 3.63) is 60.3 Å². The van der Waals surface area contributed by atoms with Gasteiger partial charge in [-0.25, -0.2) is 4.98 Å². The molecule has 0 fully saturated rings. The van der Waals surface area contributed by atoms with Crippen LogP contribution in [-0.4, -0.2) is 26.5 Å². The number of hydrogen-bond acceptors (Lipinski definition) is 4. The first-order valence-electron chi connectivity index (χ1n) is 9.43. The molecule has 0 spiro atoms. The third-order valence-electron chi connectivity index (χ3n) is 4.43. The van der Waals surface area contributed by atoms with E-state index in [0.717, 1.165) is 40.0 Å². The number of amides is 1. The van der Waals surface area contributed by atoms with Gasteiger partial charge in [0.05, 0.1) is 12.1 Å². The molecule has 0 saturated carbocycles. The molecule has 0 saturated heterocycles. The highest BCUT2D eigenvalue weighted by Crippen LogP contribution is 2.29. The Morgan fingerprint density at radius 2 is 1.93 bits per heavy atom. The number of imidazole rings is 1. The molecule has 0 atom stereocenters. The third kappa shape index (κ3) is 4.62. The van der Waals surface area contributed by atoms with Crippen LogP contribution in [0, 0.1) is 0 Å². The molecule has 3 aromatic rings. The summed E-state index contributed by atoms with van der Waals surface area (Å²) >= 11 is 3.62. The number of thioether (sulfide) groups is 2. The predicted octanol–water partition coefficient (Wildman–Crippen LogP) is 5.34. The Bertz CT molecular complexity index is 941. The van der Waals surface area contributed by atoms with Gasteiger partial charge in [-0.2, -0.15) is 0 Å². The number of anilines is 1. The Balaban J connectivity index is 1.35. The van der Waals surface area contributed by atoms with E-state index >= 15 is 0 Å². The van der Waals surface area contributed by atoms with Crippen LogP contribution in [0.15, 0.2) is 64.8 Å². The lowest BCUT2D eigenvalue weighted by atomic mass is 10.1. The van der Waals surface area contributed by atoms with Gasteiger partial charge in [0, 0.05) is 39.9 Å². The number of nitrogens with one attached hydrogen (secondary N) is 1. The molecule has 1 aliphatic rings. The molecule has 0 radical (unpaired) electrons. The van der Waals surface area contributed by atoms with Gasteiger partial charge in [0.25, 0.3) is 0 Å². The van der Waals surface area contributed by atoms with Crippen molar-refractivity contribution in [2.24, 2.45) is 0 Å². The molecule has 4 nitrogen and oxygen atoms in total. The zero-order valence-corrected chi connectivity index (χ0v) is 17.6. The summed E-state index contributed by atoms with van der Waals surface area (Å²) in [5.41, 5.74) is 3.88. The second-order valence-electron chi connectivity index (χ2n) is 7.06. The smallest absolute Gasteiger partial charge is 0.228 e. The van der Waals surface area contributed by atoms with Gasteiger partial charge in [-0.15, -0.1) is 11.8 Å². The molecule has 2 aromatic carbocycles. The molecule has 4 rings (SSSR count). The van der Waals surface area contributed by atoms with Gasteiger partial charge >= 0.3 is 0 Å². The SMILES string of the molecule is CC(C)Sc1ccc(CC(=O)Nc2ccc(-c3cn4c(n3)SCC4)cc2)cc1. The molecule has 2 heterocycles. The molecule has 28 heavy (non-hydrogen) atoms. The molecule has 1 aromatic heterocycles. The fraction of sp³-hybridized carbons (Fsp3) is 0.273. The van der Waals surface area contributed by atoms with E-state index in [0.29, 0.717) is 11.7 Å². The number of benzene rings is 2. The maximum absolute atomic E-state index is 12.4. The topological polar surface area (TPSA) is 46.9 Å². The zero-order chi connectivity index (χ0) is 19.5. The summed E-state index contributed by atoms with van der Waals surface area (Å²) in [5.74, 6) is 1.10. The monoisotopic (exact) mass is 409 g/mol. The van der Waals surface area contributed by atoms with Gasteiger partial charge in [0.2, 0.25) is 5.91 Å². The highest BCUT2D eigenvalue weighted by molar-refractivity contribution is 8.00. The molecule has 0 bridgehead atoms. The molecule has 1 amide bonds. The van der Waals surface area contributed by atoms with Gasteiger partial charge in [0.1, 0.15) is 0 Å². The summed E-state index contributed by atoms with van der Waals surface area (Å²) in [6.45, 7) is 5.38. The standard InChI is InChI=1S/C22H23N3OS2/c1-15(2)28-19-9-3-16(4-10-19)13-21(26)23-18-7-5-17(6-8-18)20-14-25-11-12-27-22(25)24-20/h3-10,14-15H,11-13H2,1-2H3,(H,23,26). The minimum Gasteiger partial charge on any atom is -0.326 e. The molecule has 6 heteroatoms. The summed E-state index contributed by atoms with van der Waals surface area (Å²) in [6.07, 6.45) is 2.48. The Morgan fingerprint density at radius 3 is 2.61 bits per heavy atom. The first kappa shape index (κ1) is 19.2. The van der Waals surface area contributed by atoms with E-state index < -0.39 is 0 Å². The van der Waals surface area contributed by atoms with Crippen LogP contribution in [0.25, 0.3) is 11.3 Å². The second kappa shape index (κ2) is 8.45. The number of aromatic nitrogens is 2. The van der Waals surface area contributed by atoms with Crippen LogP contribution in [-0.2, 0) is 17.8 Å². The molecule has 144 valence electrons. The molecule has 0 aliphatic carbocycles. The third-order valence-corrected chi connectivity index (χ3v) is 6.41. The summed E-state index contributed by atoms with van der Waals surface area (Å²) < 4.78 is 2.20. The van der Waals surface area contributed by atoms with Gasteiger partial charge in [-0.1, -0.05) is 49.9 Å². The van der Waals surface area contributed by atoms with Gasteiger partial charge in [-0.3, -0.25) is 4.79 Å². The number of hydrogen-bond donors (Lipinski definition) is 1. The largest absolute Gasteiger partial charge is 0.326 e. The first-order valence-corrected chi connectivity index (χ1v) is 11.3. The van der Waals surface area contributed by atoms with E-state index in [-0.39, 0.29) is 5.91 Å². The van der Waals surface area contributed by atoms with Crippen LogP contribution in [0.5, 0.6) is 0 Å². The van der Waals surface area contributed by atoms with Crippen molar-refractivity contribution in [2.75, 3.05) is 11.1 Å². The maximum atomic E-state index is 12.4. The summed E-state index contributed by atoms with van der Waals surface area (Å²) in [4.78, 5) is 18.3. The van der Waals surface area contributed by atoms with Crippen molar-refractivity contribution in [2.45, 2.75) is 42.1 Å². The summed E-state index contributed by atoms with van der Waals surface area (Å²) in [5, 5.41) is 4.62. The minimum absolute atomic E-state index is 0.00520. The Morgan fingerprint density at radius 1 is 1.18 bits per heavy atom. The second-order valence-corrected chi connectivity index (χ2v) is 9.78. The van der Waals surface area contributed by atoms with E-state index in [9.17, 15) is 4.79 Å². The van der Waals surface area contributed by atoms with Crippen molar-refractivity contribution in [3.63, 3.8) is 0 Å². The molecular weight excluding hydrogens is 386 g/mol. The quantitative estimate of drug-likeness (QED) is 0.559. The average Bonchev–Trinajstić information content (AvgIpc) is 3.25. The highest BCUT2D eigenvalue weighted by Gasteiger charge is 2.15. The van der Waals surface area contributed by atoms with Crippen molar-refractivity contribution >= 4 is 35.1 Å². The number of nitrogens with zero attached hydrogens (tertiary/aromatic N) is 2. The number of carbonyl (C=O) groups is 1. The van der Waals surface area contributed by atoms with E-state index in [1.807, 2.05) is 48.2 Å². The van der Waals surface area contributed by atoms with Crippen LogP contribution < -0.4 is 5.32 Å². The number of aryl methyl sites for hydroxylation is 1. The zero-order valence-electron chi connectivity index (χ0n) is 16.0. The van der Waals surface area contributed by atoms with Crippen LogP contribution in [0.3, 0.4) is 0 Å². The number of fused-ring (bicyclic) bond motifs is 1. The lowest BCUT2D eigenvalue weighted by Gasteiger charge is -2.08.